The molecule has 0 spiro atoms. The van der Waals surface area contributed by atoms with E-state index in [1.807, 2.05) is 54.9 Å². The van der Waals surface area contributed by atoms with Crippen molar-refractivity contribution in [1.82, 2.24) is 29.7 Å². The van der Waals surface area contributed by atoms with Crippen molar-refractivity contribution in [3.8, 4) is 5.69 Å². The Bertz CT molecular complexity index is 1110. The fourth-order valence-corrected chi connectivity index (χ4v) is 2.99. The highest BCUT2D eigenvalue weighted by atomic mass is 16.2. The van der Waals surface area contributed by atoms with Crippen molar-refractivity contribution >= 4 is 17.5 Å². The van der Waals surface area contributed by atoms with Gasteiger partial charge in [-0.3, -0.25) is 5.32 Å². The molecule has 4 aromatic rings. The molecule has 0 saturated carbocycles. The van der Waals surface area contributed by atoms with Gasteiger partial charge in [-0.1, -0.05) is 18.2 Å². The number of urea groups is 1. The summed E-state index contributed by atoms with van der Waals surface area (Å²) in [6.45, 7) is 4.33. The summed E-state index contributed by atoms with van der Waals surface area (Å²) in [5.74, 6) is 0.509. The lowest BCUT2D eigenvalue weighted by Gasteiger charge is -2.12. The lowest BCUT2D eigenvalue weighted by molar-refractivity contribution is 0.251. The van der Waals surface area contributed by atoms with E-state index < -0.39 is 0 Å². The molecule has 0 fully saturated rings. The molecule has 3 aromatic heterocycles. The Labute approximate surface area is 155 Å². The van der Waals surface area contributed by atoms with Crippen LogP contribution in [0.3, 0.4) is 0 Å². The lowest BCUT2D eigenvalue weighted by Crippen LogP contribution is -2.29. The van der Waals surface area contributed by atoms with Crippen LogP contribution in [0.25, 0.3) is 11.3 Å². The molecule has 0 atom stereocenters. The molecular weight excluding hydrogens is 342 g/mol. The second-order valence-electron chi connectivity index (χ2n) is 6.21. The molecule has 27 heavy (non-hydrogen) atoms. The van der Waals surface area contributed by atoms with Crippen molar-refractivity contribution in [2.45, 2.75) is 20.4 Å². The van der Waals surface area contributed by atoms with E-state index in [9.17, 15) is 4.79 Å². The van der Waals surface area contributed by atoms with E-state index in [0.29, 0.717) is 18.0 Å². The highest BCUT2D eigenvalue weighted by Gasteiger charge is 2.11. The zero-order chi connectivity index (χ0) is 18.8. The minimum absolute atomic E-state index is 0.328. The summed E-state index contributed by atoms with van der Waals surface area (Å²) in [4.78, 5) is 16.5. The Balaban J connectivity index is 1.49. The number of carbonyl (C=O) groups is 1. The van der Waals surface area contributed by atoms with Gasteiger partial charge in [0.05, 0.1) is 17.6 Å². The van der Waals surface area contributed by atoms with Gasteiger partial charge >= 0.3 is 6.03 Å². The summed E-state index contributed by atoms with van der Waals surface area (Å²) < 4.78 is 3.46. The summed E-state index contributed by atoms with van der Waals surface area (Å²) >= 11 is 0. The predicted molar refractivity (Wildman–Crippen MR) is 102 cm³/mol. The van der Waals surface area contributed by atoms with Crippen LogP contribution in [-0.2, 0) is 6.54 Å². The SMILES string of the molecule is Cc1cc(C)n(-c2ccccc2CNC(=O)Nc2cnc3cccnn23)n1. The van der Waals surface area contributed by atoms with Crippen LogP contribution in [0.5, 0.6) is 0 Å². The number of para-hydroxylation sites is 1. The Hall–Kier alpha value is -3.68. The minimum atomic E-state index is -0.328. The van der Waals surface area contributed by atoms with Gasteiger partial charge in [0, 0.05) is 18.4 Å². The fraction of sp³-hybridized carbons (Fsp3) is 0.158. The Morgan fingerprint density at radius 1 is 1.15 bits per heavy atom. The second kappa shape index (κ2) is 6.91. The smallest absolute Gasteiger partial charge is 0.320 e. The zero-order valence-corrected chi connectivity index (χ0v) is 15.0. The monoisotopic (exact) mass is 361 g/mol. The third-order valence-corrected chi connectivity index (χ3v) is 4.19. The maximum Gasteiger partial charge on any atom is 0.320 e. The number of nitrogens with zero attached hydrogens (tertiary/aromatic N) is 5. The molecule has 0 bridgehead atoms. The molecule has 4 rings (SSSR count). The number of rotatable bonds is 4. The van der Waals surface area contributed by atoms with Gasteiger partial charge < -0.3 is 5.32 Å². The highest BCUT2D eigenvalue weighted by Crippen LogP contribution is 2.17. The van der Waals surface area contributed by atoms with Gasteiger partial charge in [-0.25, -0.2) is 14.5 Å². The van der Waals surface area contributed by atoms with Crippen molar-refractivity contribution < 1.29 is 4.79 Å². The average Bonchev–Trinajstić information content (AvgIpc) is 3.23. The summed E-state index contributed by atoms with van der Waals surface area (Å²) in [6.07, 6.45) is 3.22. The van der Waals surface area contributed by atoms with Gasteiger partial charge in [0.15, 0.2) is 11.5 Å². The number of carbonyl (C=O) groups excluding carboxylic acids is 1. The number of imidazole rings is 1. The molecule has 8 nitrogen and oxygen atoms in total. The van der Waals surface area contributed by atoms with Crippen LogP contribution in [0.15, 0.2) is 54.9 Å². The van der Waals surface area contributed by atoms with Gasteiger partial charge in [-0.2, -0.15) is 14.7 Å². The van der Waals surface area contributed by atoms with Crippen molar-refractivity contribution in [3.63, 3.8) is 0 Å². The first-order chi connectivity index (χ1) is 13.1. The maximum atomic E-state index is 12.3. The van der Waals surface area contributed by atoms with Gasteiger partial charge in [-0.15, -0.1) is 0 Å². The van der Waals surface area contributed by atoms with Crippen LogP contribution in [0.2, 0.25) is 0 Å². The third-order valence-electron chi connectivity index (χ3n) is 4.19. The Morgan fingerprint density at radius 3 is 2.81 bits per heavy atom. The zero-order valence-electron chi connectivity index (χ0n) is 15.0. The molecule has 0 unspecified atom stereocenters. The predicted octanol–water partition coefficient (Wildman–Crippen LogP) is 2.85. The molecule has 2 amide bonds. The lowest BCUT2D eigenvalue weighted by atomic mass is 10.1. The van der Waals surface area contributed by atoms with Crippen molar-refractivity contribution in [2.24, 2.45) is 0 Å². The number of benzene rings is 1. The molecule has 1 aromatic carbocycles. The Morgan fingerprint density at radius 2 is 2.00 bits per heavy atom. The number of aryl methyl sites for hydroxylation is 2. The van der Waals surface area contributed by atoms with Gasteiger partial charge in [-0.05, 0) is 43.7 Å². The number of anilines is 1. The summed E-state index contributed by atoms with van der Waals surface area (Å²) in [6, 6.07) is 13.2. The molecule has 0 aliphatic rings. The summed E-state index contributed by atoms with van der Waals surface area (Å²) in [7, 11) is 0. The van der Waals surface area contributed by atoms with Gasteiger partial charge in [0.2, 0.25) is 0 Å². The van der Waals surface area contributed by atoms with Crippen LogP contribution < -0.4 is 10.6 Å². The molecule has 0 saturated heterocycles. The van der Waals surface area contributed by atoms with Crippen molar-refractivity contribution in [3.05, 3.63) is 71.8 Å². The van der Waals surface area contributed by atoms with Crippen molar-refractivity contribution in [2.75, 3.05) is 5.32 Å². The Kier molecular flexibility index (Phi) is 4.29. The number of aromatic nitrogens is 5. The third kappa shape index (κ3) is 3.37. The normalized spacial score (nSPS) is 10.9. The number of hydrogen-bond donors (Lipinski definition) is 2. The quantitative estimate of drug-likeness (QED) is 0.585. The van der Waals surface area contributed by atoms with Crippen LogP contribution in [0, 0.1) is 13.8 Å². The van der Waals surface area contributed by atoms with E-state index in [0.717, 1.165) is 22.6 Å². The molecule has 136 valence electrons. The molecular formula is C19H19N7O. The molecule has 0 aliphatic carbocycles. The second-order valence-corrected chi connectivity index (χ2v) is 6.21. The van der Waals surface area contributed by atoms with Gasteiger partial charge in [0.25, 0.3) is 0 Å². The van der Waals surface area contributed by atoms with Crippen LogP contribution in [0.4, 0.5) is 10.6 Å². The summed E-state index contributed by atoms with van der Waals surface area (Å²) in [5.41, 5.74) is 4.58. The van der Waals surface area contributed by atoms with Gasteiger partial charge in [0.1, 0.15) is 0 Å². The summed E-state index contributed by atoms with van der Waals surface area (Å²) in [5, 5.41) is 14.4. The molecule has 0 radical (unpaired) electrons. The van der Waals surface area contributed by atoms with E-state index in [1.165, 1.54) is 0 Å². The highest BCUT2D eigenvalue weighted by molar-refractivity contribution is 5.88. The van der Waals surface area contributed by atoms with E-state index >= 15 is 0 Å². The van der Waals surface area contributed by atoms with Crippen LogP contribution in [0.1, 0.15) is 17.0 Å². The van der Waals surface area contributed by atoms with Crippen LogP contribution >= 0.6 is 0 Å². The number of amides is 2. The van der Waals surface area contributed by atoms with E-state index in [2.05, 4.69) is 25.8 Å². The molecule has 0 aliphatic heterocycles. The molecule has 8 heteroatoms. The van der Waals surface area contributed by atoms with Crippen molar-refractivity contribution in [1.29, 1.82) is 0 Å². The minimum Gasteiger partial charge on any atom is -0.334 e. The van der Waals surface area contributed by atoms with E-state index in [-0.39, 0.29) is 6.03 Å². The number of fused-ring (bicyclic) bond motifs is 1. The maximum absolute atomic E-state index is 12.3. The first-order valence-electron chi connectivity index (χ1n) is 8.57. The fourth-order valence-electron chi connectivity index (χ4n) is 2.99. The first-order valence-corrected chi connectivity index (χ1v) is 8.57. The van der Waals surface area contributed by atoms with E-state index in [1.54, 1.807) is 23.0 Å². The van der Waals surface area contributed by atoms with E-state index in [4.69, 9.17) is 0 Å². The largest absolute Gasteiger partial charge is 0.334 e. The molecule has 3 heterocycles. The topological polar surface area (TPSA) is 89.1 Å². The average molecular weight is 361 g/mol. The van der Waals surface area contributed by atoms with Crippen LogP contribution in [-0.4, -0.2) is 30.4 Å². The number of nitrogens with one attached hydrogen (secondary N) is 2. The standard InChI is InChI=1S/C19H19N7O/c1-13-10-14(2)25(24-13)16-7-4-3-6-15(16)11-21-19(27)23-18-12-20-17-8-5-9-22-26(17)18/h3-10,12H,11H2,1-2H3,(H2,21,23,27). The number of hydrogen-bond acceptors (Lipinski definition) is 4. The first kappa shape index (κ1) is 16.8. The molecule has 2 N–H and O–H groups in total.